The van der Waals surface area contributed by atoms with Crippen molar-refractivity contribution in [3.05, 3.63) is 197 Å². The van der Waals surface area contributed by atoms with Gasteiger partial charge in [-0.1, -0.05) is 182 Å². The molecule has 3 heteroatoms. The molecule has 0 fully saturated rings. The zero-order valence-corrected chi connectivity index (χ0v) is 26.9. The third-order valence-electron chi connectivity index (χ3n) is 6.09. The molecule has 0 amide bonds. The van der Waals surface area contributed by atoms with E-state index in [-0.39, 0.29) is 35.3 Å². The predicted octanol–water partition coefficient (Wildman–Crippen LogP) is 7.79. The molecule has 0 unspecified atom stereocenters. The van der Waals surface area contributed by atoms with Crippen LogP contribution in [0.2, 0.25) is 0 Å². The van der Waals surface area contributed by atoms with E-state index in [2.05, 4.69) is 182 Å². The van der Waals surface area contributed by atoms with Gasteiger partial charge in [-0.25, -0.2) is 0 Å². The minimum atomic E-state index is -0.446. The summed E-state index contributed by atoms with van der Waals surface area (Å²) in [5.41, 5.74) is 0. The second-order valence-corrected chi connectivity index (χ2v) is 13.1. The van der Waals surface area contributed by atoms with E-state index in [9.17, 15) is 0 Å². The standard InChI is InChI=1S/2C18H15P.2CH3.Pd/c2*1-4-10-16(11-5-1)19(17-12-6-2-7-13-17)18-14-8-3-9-15-18;;;/h2*1-15H;2*1H3;/q;;2*-1;+2. The number of hydrogen-bond donors (Lipinski definition) is 0. The van der Waals surface area contributed by atoms with E-state index in [4.69, 9.17) is 0 Å². The molecule has 0 nitrogen and oxygen atoms in total. The van der Waals surface area contributed by atoms with Crippen molar-refractivity contribution < 1.29 is 20.4 Å². The van der Waals surface area contributed by atoms with Crippen molar-refractivity contribution in [2.75, 3.05) is 0 Å². The van der Waals surface area contributed by atoms with Gasteiger partial charge in [0.15, 0.2) is 0 Å². The molecule has 0 N–H and O–H groups in total. The molecule has 0 aliphatic rings. The van der Waals surface area contributed by atoms with Gasteiger partial charge in [0.1, 0.15) is 0 Å². The maximum atomic E-state index is 2.23. The maximum absolute atomic E-state index is 2.23. The minimum absolute atomic E-state index is 0. The molecule has 0 heterocycles. The summed E-state index contributed by atoms with van der Waals surface area (Å²) in [6.45, 7) is 0. The zero-order chi connectivity index (χ0) is 25.8. The Balaban J connectivity index is 0.000000267. The Bertz CT molecular complexity index is 1170. The first-order chi connectivity index (χ1) is 18.9. The predicted molar refractivity (Wildman–Crippen MR) is 183 cm³/mol. The van der Waals surface area contributed by atoms with Crippen molar-refractivity contribution in [2.45, 2.75) is 0 Å². The molecule has 0 atom stereocenters. The van der Waals surface area contributed by atoms with Crippen LogP contribution in [0.1, 0.15) is 0 Å². The molecule has 0 aromatic heterocycles. The van der Waals surface area contributed by atoms with Crippen molar-refractivity contribution in [1.82, 2.24) is 0 Å². The van der Waals surface area contributed by atoms with Crippen LogP contribution in [0.25, 0.3) is 0 Å². The molecule has 6 aromatic carbocycles. The topological polar surface area (TPSA) is 0 Å². The average molecular weight is 661 g/mol. The van der Waals surface area contributed by atoms with Gasteiger partial charge in [0.25, 0.3) is 0 Å². The maximum Gasteiger partial charge on any atom is 2.00 e. The van der Waals surface area contributed by atoms with Gasteiger partial charge in [-0.3, -0.25) is 0 Å². The smallest absolute Gasteiger partial charge is 0.358 e. The van der Waals surface area contributed by atoms with E-state index in [1.165, 1.54) is 31.8 Å². The Kier molecular flexibility index (Phi) is 15.2. The number of benzene rings is 6. The van der Waals surface area contributed by atoms with Crippen LogP contribution in [0.4, 0.5) is 0 Å². The van der Waals surface area contributed by atoms with Crippen molar-refractivity contribution in [3.8, 4) is 0 Å². The van der Waals surface area contributed by atoms with Gasteiger partial charge in [0, 0.05) is 0 Å². The fourth-order valence-corrected chi connectivity index (χ4v) is 8.97. The van der Waals surface area contributed by atoms with Gasteiger partial charge in [-0.05, 0) is 47.7 Å². The van der Waals surface area contributed by atoms with Gasteiger partial charge in [-0.15, -0.1) is 0 Å². The summed E-state index contributed by atoms with van der Waals surface area (Å²) in [4.78, 5) is 0. The van der Waals surface area contributed by atoms with Gasteiger partial charge < -0.3 is 14.9 Å². The fourth-order valence-electron chi connectivity index (χ4n) is 4.36. The second kappa shape index (κ2) is 18.3. The molecule has 0 saturated heterocycles. The Labute approximate surface area is 263 Å². The van der Waals surface area contributed by atoms with Crippen LogP contribution >= 0.6 is 15.8 Å². The minimum Gasteiger partial charge on any atom is -0.358 e. The Morgan fingerprint density at radius 2 is 0.341 bits per heavy atom. The van der Waals surface area contributed by atoms with E-state index in [0.29, 0.717) is 0 Å². The normalized spacial score (nSPS) is 9.80. The van der Waals surface area contributed by atoms with E-state index in [1.807, 2.05) is 0 Å². The van der Waals surface area contributed by atoms with Crippen LogP contribution in [-0.2, 0) is 20.4 Å². The Morgan fingerprint density at radius 3 is 0.463 bits per heavy atom. The van der Waals surface area contributed by atoms with Crippen LogP contribution in [0.3, 0.4) is 0 Å². The molecule has 0 spiro atoms. The van der Waals surface area contributed by atoms with Crippen LogP contribution in [0.15, 0.2) is 182 Å². The third kappa shape index (κ3) is 9.44. The summed E-state index contributed by atoms with van der Waals surface area (Å²) in [5.74, 6) is 0. The summed E-state index contributed by atoms with van der Waals surface area (Å²) in [5, 5.41) is 8.39. The molecule has 0 aliphatic carbocycles. The van der Waals surface area contributed by atoms with Crippen molar-refractivity contribution in [3.63, 3.8) is 0 Å². The quantitative estimate of drug-likeness (QED) is 0.0973. The Morgan fingerprint density at radius 1 is 0.220 bits per heavy atom. The molecule has 0 bridgehead atoms. The van der Waals surface area contributed by atoms with Gasteiger partial charge in [0.2, 0.25) is 0 Å². The van der Waals surface area contributed by atoms with Crippen LogP contribution in [0.5, 0.6) is 0 Å². The summed E-state index contributed by atoms with van der Waals surface area (Å²) in [7, 11) is -0.892. The van der Waals surface area contributed by atoms with E-state index in [1.54, 1.807) is 0 Å². The molecule has 208 valence electrons. The third-order valence-corrected chi connectivity index (χ3v) is 11.0. The first-order valence-electron chi connectivity index (χ1n) is 12.8. The molecule has 0 radical (unpaired) electrons. The molecule has 41 heavy (non-hydrogen) atoms. The first-order valence-corrected chi connectivity index (χ1v) is 15.5. The Hall–Kier alpha value is -3.16. The van der Waals surface area contributed by atoms with E-state index < -0.39 is 15.8 Å². The monoisotopic (exact) mass is 660 g/mol. The zero-order valence-electron chi connectivity index (χ0n) is 23.5. The summed E-state index contributed by atoms with van der Waals surface area (Å²) < 4.78 is 0. The average Bonchev–Trinajstić information content (AvgIpc) is 3.01. The summed E-state index contributed by atoms with van der Waals surface area (Å²) in [6, 6.07) is 64.7. The molecule has 0 aliphatic heterocycles. The number of hydrogen-bond acceptors (Lipinski definition) is 0. The van der Waals surface area contributed by atoms with Gasteiger partial charge in [-0.2, -0.15) is 0 Å². The van der Waals surface area contributed by atoms with Crippen LogP contribution < -0.4 is 31.8 Å². The van der Waals surface area contributed by atoms with Crippen molar-refractivity contribution in [2.24, 2.45) is 0 Å². The molecule has 6 rings (SSSR count). The summed E-state index contributed by atoms with van der Waals surface area (Å²) in [6.07, 6.45) is 0. The summed E-state index contributed by atoms with van der Waals surface area (Å²) >= 11 is 0. The molecule has 0 saturated carbocycles. The SMILES string of the molecule is [CH3-].[CH3-].[Pd+2].c1ccc(P(c2ccccc2)c2ccccc2)cc1.c1ccc(P(c2ccccc2)c2ccccc2)cc1. The number of rotatable bonds is 6. The second-order valence-electron chi connectivity index (χ2n) is 8.68. The first kappa shape index (κ1) is 34.0. The van der Waals surface area contributed by atoms with Gasteiger partial charge >= 0.3 is 20.4 Å². The molecule has 6 aromatic rings. The van der Waals surface area contributed by atoms with E-state index >= 15 is 0 Å². The van der Waals surface area contributed by atoms with Crippen LogP contribution in [0, 0.1) is 14.9 Å². The van der Waals surface area contributed by atoms with Crippen molar-refractivity contribution >= 4 is 47.7 Å². The van der Waals surface area contributed by atoms with Gasteiger partial charge in [0.05, 0.1) is 0 Å². The van der Waals surface area contributed by atoms with Crippen LogP contribution in [-0.4, -0.2) is 0 Å². The largest absolute Gasteiger partial charge is 2.00 e. The molecular weight excluding hydrogens is 625 g/mol. The van der Waals surface area contributed by atoms with E-state index in [0.717, 1.165) is 0 Å². The fraction of sp³-hybridized carbons (Fsp3) is 0. The molecular formula is C38H36P2Pd. The van der Waals surface area contributed by atoms with Crippen molar-refractivity contribution in [1.29, 1.82) is 0 Å².